The monoisotopic (exact) mass is 393 g/mol. The summed E-state index contributed by atoms with van der Waals surface area (Å²) >= 11 is 0. The number of carbonyl (C=O) groups excluding carboxylic acids is 2. The molecule has 0 saturated carbocycles. The van der Waals surface area contributed by atoms with Crippen LogP contribution in [0.1, 0.15) is 40.0 Å². The van der Waals surface area contributed by atoms with Crippen LogP contribution in [0.2, 0.25) is 0 Å². The van der Waals surface area contributed by atoms with Crippen molar-refractivity contribution < 1.29 is 9.59 Å². The Hall–Kier alpha value is -3.14. The molecule has 1 unspecified atom stereocenters. The molecule has 2 aromatic rings. The summed E-state index contributed by atoms with van der Waals surface area (Å²) < 4.78 is 1.75. The predicted molar refractivity (Wildman–Crippen MR) is 109 cm³/mol. The zero-order valence-electron chi connectivity index (χ0n) is 17.3. The van der Waals surface area contributed by atoms with Crippen LogP contribution >= 0.6 is 0 Å². The average Bonchev–Trinajstić information content (AvgIpc) is 3.29. The highest BCUT2D eigenvalue weighted by Crippen LogP contribution is 2.21. The van der Waals surface area contributed by atoms with Crippen LogP contribution in [0.25, 0.3) is 0 Å². The summed E-state index contributed by atoms with van der Waals surface area (Å²) in [4.78, 5) is 29.5. The summed E-state index contributed by atoms with van der Waals surface area (Å²) in [6, 6.07) is 9.33. The van der Waals surface area contributed by atoms with E-state index in [0.29, 0.717) is 25.1 Å². The van der Waals surface area contributed by atoms with Crippen molar-refractivity contribution in [1.29, 1.82) is 5.26 Å². The minimum Gasteiger partial charge on any atom is -0.340 e. The van der Waals surface area contributed by atoms with E-state index in [1.807, 2.05) is 37.1 Å². The second-order valence-corrected chi connectivity index (χ2v) is 7.64. The zero-order valence-corrected chi connectivity index (χ0v) is 17.3. The first-order valence-corrected chi connectivity index (χ1v) is 9.89. The molecule has 1 saturated heterocycles. The maximum absolute atomic E-state index is 13.0. The number of nitriles is 1. The predicted octanol–water partition coefficient (Wildman–Crippen LogP) is 2.10. The van der Waals surface area contributed by atoms with Crippen LogP contribution in [0.4, 0.5) is 0 Å². The molecule has 1 aromatic carbocycles. The van der Waals surface area contributed by atoms with E-state index in [2.05, 4.69) is 11.2 Å². The Bertz CT molecular complexity index is 923. The second-order valence-electron chi connectivity index (χ2n) is 7.64. The van der Waals surface area contributed by atoms with E-state index in [9.17, 15) is 9.59 Å². The Morgan fingerprint density at radius 2 is 2.10 bits per heavy atom. The van der Waals surface area contributed by atoms with Gasteiger partial charge in [-0.3, -0.25) is 14.3 Å². The number of likely N-dealkylation sites (N-methyl/N-ethyl adjacent to an activating group) is 1. The van der Waals surface area contributed by atoms with Crippen molar-refractivity contribution in [3.05, 3.63) is 52.8 Å². The van der Waals surface area contributed by atoms with Gasteiger partial charge in [-0.2, -0.15) is 10.4 Å². The van der Waals surface area contributed by atoms with Gasteiger partial charge in [-0.25, -0.2) is 0 Å². The largest absolute Gasteiger partial charge is 0.340 e. The quantitative estimate of drug-likeness (QED) is 0.753. The lowest BCUT2D eigenvalue weighted by atomic mass is 10.0. The Kier molecular flexibility index (Phi) is 6.32. The maximum Gasteiger partial charge on any atom is 0.253 e. The van der Waals surface area contributed by atoms with Crippen molar-refractivity contribution in [2.75, 3.05) is 20.1 Å². The molecule has 1 aromatic heterocycles. The van der Waals surface area contributed by atoms with Crippen LogP contribution < -0.4 is 0 Å². The van der Waals surface area contributed by atoms with E-state index in [1.54, 1.807) is 28.9 Å². The Labute approximate surface area is 171 Å². The van der Waals surface area contributed by atoms with E-state index in [4.69, 9.17) is 5.26 Å². The number of benzene rings is 1. The summed E-state index contributed by atoms with van der Waals surface area (Å²) in [6.45, 7) is 3.16. The molecular formula is C22H27N5O2. The van der Waals surface area contributed by atoms with Gasteiger partial charge in [0.15, 0.2) is 0 Å². The minimum absolute atomic E-state index is 0.00751. The molecule has 0 N–H and O–H groups in total. The van der Waals surface area contributed by atoms with Crippen molar-refractivity contribution in [3.8, 4) is 6.07 Å². The third-order valence-corrected chi connectivity index (χ3v) is 5.64. The Morgan fingerprint density at radius 3 is 2.79 bits per heavy atom. The van der Waals surface area contributed by atoms with Crippen molar-refractivity contribution >= 4 is 11.8 Å². The highest BCUT2D eigenvalue weighted by molar-refractivity contribution is 5.95. The van der Waals surface area contributed by atoms with E-state index in [-0.39, 0.29) is 24.3 Å². The molecule has 0 bridgehead atoms. The van der Waals surface area contributed by atoms with Gasteiger partial charge in [-0.1, -0.05) is 18.2 Å². The van der Waals surface area contributed by atoms with Gasteiger partial charge >= 0.3 is 0 Å². The van der Waals surface area contributed by atoms with Gasteiger partial charge < -0.3 is 9.80 Å². The van der Waals surface area contributed by atoms with E-state index in [1.165, 1.54) is 0 Å². The molecule has 29 heavy (non-hydrogen) atoms. The number of carbonyl (C=O) groups is 2. The standard InChI is InChI=1S/C22H27N5O2/c1-16-14-24-26(3)20(16)13-21(28)27-12-6-8-18(27)15-25(2)22(29)19-9-5-4-7-17(19)10-11-23/h4-5,7,9,14,18H,6,8,10,12-13,15H2,1-3H3. The lowest BCUT2D eigenvalue weighted by Gasteiger charge is -2.29. The zero-order chi connectivity index (χ0) is 21.0. The minimum atomic E-state index is -0.113. The van der Waals surface area contributed by atoms with Crippen molar-refractivity contribution in [1.82, 2.24) is 19.6 Å². The lowest BCUT2D eigenvalue weighted by Crippen LogP contribution is -2.44. The summed E-state index contributed by atoms with van der Waals surface area (Å²) in [5, 5.41) is 13.2. The topological polar surface area (TPSA) is 82.2 Å². The van der Waals surface area contributed by atoms with Crippen LogP contribution in [0.5, 0.6) is 0 Å². The van der Waals surface area contributed by atoms with Crippen LogP contribution in [-0.2, 0) is 24.7 Å². The molecule has 7 heteroatoms. The van der Waals surface area contributed by atoms with Gasteiger partial charge in [-0.15, -0.1) is 0 Å². The molecule has 1 fully saturated rings. The number of hydrogen-bond acceptors (Lipinski definition) is 4. The van der Waals surface area contributed by atoms with Gasteiger partial charge in [0, 0.05) is 38.8 Å². The molecular weight excluding hydrogens is 366 g/mol. The van der Waals surface area contributed by atoms with Gasteiger partial charge in [0.2, 0.25) is 5.91 Å². The summed E-state index contributed by atoms with van der Waals surface area (Å²) in [6.07, 6.45) is 4.12. The van der Waals surface area contributed by atoms with Crippen LogP contribution in [0.15, 0.2) is 30.5 Å². The van der Waals surface area contributed by atoms with Crippen molar-refractivity contribution in [2.24, 2.45) is 7.05 Å². The van der Waals surface area contributed by atoms with Gasteiger partial charge in [0.25, 0.3) is 5.91 Å². The molecule has 1 aliphatic rings. The van der Waals surface area contributed by atoms with E-state index < -0.39 is 0 Å². The van der Waals surface area contributed by atoms with Crippen LogP contribution in [0.3, 0.4) is 0 Å². The van der Waals surface area contributed by atoms with Gasteiger partial charge in [0.1, 0.15) is 0 Å². The van der Waals surface area contributed by atoms with Gasteiger partial charge in [0.05, 0.1) is 30.8 Å². The molecule has 2 amide bonds. The summed E-state index contributed by atoms with van der Waals surface area (Å²) in [7, 11) is 3.61. The van der Waals surface area contributed by atoms with E-state index in [0.717, 1.165) is 29.7 Å². The summed E-state index contributed by atoms with van der Waals surface area (Å²) in [5.41, 5.74) is 3.23. The van der Waals surface area contributed by atoms with Gasteiger partial charge in [-0.05, 0) is 37.0 Å². The highest BCUT2D eigenvalue weighted by atomic mass is 16.2. The number of aromatic nitrogens is 2. The summed E-state index contributed by atoms with van der Waals surface area (Å²) in [5.74, 6) is -0.0393. The number of amides is 2. The normalized spacial score (nSPS) is 15.9. The molecule has 7 nitrogen and oxygen atoms in total. The number of likely N-dealkylation sites (tertiary alicyclic amines) is 1. The molecule has 1 aliphatic heterocycles. The number of hydrogen-bond donors (Lipinski definition) is 0. The Morgan fingerprint density at radius 1 is 1.34 bits per heavy atom. The highest BCUT2D eigenvalue weighted by Gasteiger charge is 2.31. The third-order valence-electron chi connectivity index (χ3n) is 5.64. The molecule has 0 spiro atoms. The van der Waals surface area contributed by atoms with E-state index >= 15 is 0 Å². The first kappa shape index (κ1) is 20.6. The first-order chi connectivity index (χ1) is 13.9. The van der Waals surface area contributed by atoms with Crippen LogP contribution in [-0.4, -0.2) is 57.6 Å². The fourth-order valence-electron chi connectivity index (χ4n) is 4.00. The fourth-order valence-corrected chi connectivity index (χ4v) is 4.00. The number of rotatable bonds is 6. The molecule has 3 rings (SSSR count). The third kappa shape index (κ3) is 4.48. The molecule has 2 heterocycles. The smallest absolute Gasteiger partial charge is 0.253 e. The SMILES string of the molecule is Cc1cnn(C)c1CC(=O)N1CCCC1CN(C)C(=O)c1ccccc1CC#N. The first-order valence-electron chi connectivity index (χ1n) is 9.89. The Balaban J connectivity index is 1.68. The molecule has 1 atom stereocenters. The fraction of sp³-hybridized carbons (Fsp3) is 0.455. The molecule has 152 valence electrons. The number of aryl methyl sites for hydroxylation is 2. The maximum atomic E-state index is 13.0. The second kappa shape index (κ2) is 8.91. The molecule has 0 aliphatic carbocycles. The van der Waals surface area contributed by atoms with Crippen molar-refractivity contribution in [2.45, 2.75) is 38.6 Å². The number of nitrogens with zero attached hydrogens (tertiary/aromatic N) is 5. The average molecular weight is 393 g/mol. The van der Waals surface area contributed by atoms with Crippen LogP contribution in [0, 0.1) is 18.3 Å². The van der Waals surface area contributed by atoms with Crippen molar-refractivity contribution in [3.63, 3.8) is 0 Å². The molecule has 0 radical (unpaired) electrons. The lowest BCUT2D eigenvalue weighted by molar-refractivity contribution is -0.131.